The number of likely N-dealkylation sites (tertiary alicyclic amines) is 1. The van der Waals surface area contributed by atoms with Gasteiger partial charge in [-0.05, 0) is 47.5 Å². The van der Waals surface area contributed by atoms with Gasteiger partial charge in [0.1, 0.15) is 5.75 Å². The van der Waals surface area contributed by atoms with Gasteiger partial charge in [-0.2, -0.15) is 5.01 Å². The van der Waals surface area contributed by atoms with E-state index in [2.05, 4.69) is 69.9 Å². The van der Waals surface area contributed by atoms with Crippen molar-refractivity contribution in [2.75, 3.05) is 27.3 Å². The molecule has 0 bridgehead atoms. The summed E-state index contributed by atoms with van der Waals surface area (Å²) in [5.41, 5.74) is 7.95. The molecule has 1 unspecified atom stereocenters. The van der Waals surface area contributed by atoms with Crippen LogP contribution in [0, 0.1) is 0 Å². The van der Waals surface area contributed by atoms with Crippen LogP contribution in [-0.2, 0) is 6.54 Å². The Morgan fingerprint density at radius 3 is 2.40 bits per heavy atom. The van der Waals surface area contributed by atoms with E-state index in [-0.39, 0.29) is 6.04 Å². The Bertz CT molecular complexity index is 1220. The number of rotatable bonds is 5. The van der Waals surface area contributed by atoms with Crippen molar-refractivity contribution >= 4 is 5.70 Å². The molecule has 0 amide bonds. The molecule has 180 valence electrons. The third kappa shape index (κ3) is 3.93. The highest BCUT2D eigenvalue weighted by molar-refractivity contribution is 5.68. The molecule has 3 aliphatic rings. The van der Waals surface area contributed by atoms with Crippen LogP contribution in [0.25, 0.3) is 5.70 Å². The van der Waals surface area contributed by atoms with E-state index >= 15 is 0 Å². The zero-order valence-corrected chi connectivity index (χ0v) is 20.2. The quantitative estimate of drug-likeness (QED) is 0.568. The monoisotopic (exact) mass is 469 g/mol. The van der Waals surface area contributed by atoms with Gasteiger partial charge in [-0.3, -0.25) is 4.90 Å². The van der Waals surface area contributed by atoms with Crippen LogP contribution < -0.4 is 19.6 Å². The summed E-state index contributed by atoms with van der Waals surface area (Å²) in [5.74, 6) is 2.51. The third-order valence-corrected chi connectivity index (χ3v) is 7.41. The van der Waals surface area contributed by atoms with Crippen molar-refractivity contribution in [1.29, 1.82) is 0 Å². The standard InChI is InChI=1S/C29H31N3O3/c1-33-23-13-11-22(12-14-23)25-19-26-24-9-6-10-27(34-2)28(24)35-29(32(26)30-25)15-17-31(18-16-29)20-21-7-4-3-5-8-21/h3-14,19,26,30H,15-18,20H2,1-2H3. The van der Waals surface area contributed by atoms with E-state index in [0.717, 1.165) is 66.5 Å². The largest absolute Gasteiger partial charge is 0.497 e. The van der Waals surface area contributed by atoms with Crippen molar-refractivity contribution < 1.29 is 14.2 Å². The van der Waals surface area contributed by atoms with Crippen LogP contribution in [0.1, 0.15) is 35.6 Å². The second kappa shape index (κ2) is 8.95. The summed E-state index contributed by atoms with van der Waals surface area (Å²) in [6.07, 6.45) is 4.09. The summed E-state index contributed by atoms with van der Waals surface area (Å²) < 4.78 is 17.9. The molecule has 3 heterocycles. The van der Waals surface area contributed by atoms with Gasteiger partial charge in [-0.1, -0.05) is 42.5 Å². The number of ether oxygens (including phenoxy) is 3. The van der Waals surface area contributed by atoms with Gasteiger partial charge in [0.15, 0.2) is 17.2 Å². The maximum absolute atomic E-state index is 6.87. The second-order valence-corrected chi connectivity index (χ2v) is 9.42. The summed E-state index contributed by atoms with van der Waals surface area (Å²) in [5, 5.41) is 2.33. The molecule has 3 aromatic rings. The first-order chi connectivity index (χ1) is 17.2. The molecule has 1 atom stereocenters. The van der Waals surface area contributed by atoms with Crippen LogP contribution in [0.5, 0.6) is 17.2 Å². The van der Waals surface area contributed by atoms with E-state index in [1.807, 2.05) is 24.3 Å². The minimum absolute atomic E-state index is 0.0617. The number of fused-ring (bicyclic) bond motifs is 4. The van der Waals surface area contributed by atoms with Gasteiger partial charge < -0.3 is 19.6 Å². The summed E-state index contributed by atoms with van der Waals surface area (Å²) in [6, 6.07) is 25.1. The van der Waals surface area contributed by atoms with E-state index in [1.165, 1.54) is 5.56 Å². The smallest absolute Gasteiger partial charge is 0.183 e. The molecule has 6 heteroatoms. The maximum atomic E-state index is 6.87. The zero-order valence-electron chi connectivity index (χ0n) is 20.2. The Kier molecular flexibility index (Phi) is 5.63. The fourth-order valence-electron chi connectivity index (χ4n) is 5.50. The highest BCUT2D eigenvalue weighted by Gasteiger charge is 2.52. The minimum atomic E-state index is -0.454. The van der Waals surface area contributed by atoms with Gasteiger partial charge in [0.05, 0.1) is 26.0 Å². The SMILES string of the molecule is COc1ccc(C2=CC3c4cccc(OC)c4OC4(CCN(Cc5ccccc5)CC4)N3N2)cc1. The van der Waals surface area contributed by atoms with Gasteiger partial charge in [0.2, 0.25) is 0 Å². The predicted octanol–water partition coefficient (Wildman–Crippen LogP) is 4.99. The lowest BCUT2D eigenvalue weighted by molar-refractivity contribution is -0.161. The first-order valence-corrected chi connectivity index (χ1v) is 12.2. The van der Waals surface area contributed by atoms with Crippen LogP contribution in [0.15, 0.2) is 78.9 Å². The molecule has 35 heavy (non-hydrogen) atoms. The lowest BCUT2D eigenvalue weighted by atomic mass is 9.92. The van der Waals surface area contributed by atoms with Gasteiger partial charge in [0, 0.05) is 38.0 Å². The molecule has 1 saturated heterocycles. The molecule has 3 aromatic carbocycles. The van der Waals surface area contributed by atoms with Crippen molar-refractivity contribution in [2.45, 2.75) is 31.2 Å². The normalized spacial score (nSPS) is 20.9. The van der Waals surface area contributed by atoms with Crippen LogP contribution in [0.3, 0.4) is 0 Å². The van der Waals surface area contributed by atoms with Gasteiger partial charge in [-0.15, -0.1) is 0 Å². The molecular weight excluding hydrogens is 438 g/mol. The maximum Gasteiger partial charge on any atom is 0.183 e. The molecule has 0 aliphatic carbocycles. The van der Waals surface area contributed by atoms with Gasteiger partial charge >= 0.3 is 0 Å². The summed E-state index contributed by atoms with van der Waals surface area (Å²) in [6.45, 7) is 2.88. The Morgan fingerprint density at radius 2 is 1.69 bits per heavy atom. The molecule has 1 spiro atoms. The third-order valence-electron chi connectivity index (χ3n) is 7.41. The van der Waals surface area contributed by atoms with Gasteiger partial charge in [-0.25, -0.2) is 0 Å². The molecule has 1 N–H and O–H groups in total. The molecule has 1 fully saturated rings. The Labute approximate surface area is 206 Å². The van der Waals surface area contributed by atoms with E-state index in [4.69, 9.17) is 14.2 Å². The zero-order chi connectivity index (χ0) is 23.8. The van der Waals surface area contributed by atoms with Crippen LogP contribution >= 0.6 is 0 Å². The number of hydrogen-bond acceptors (Lipinski definition) is 6. The summed E-state index contributed by atoms with van der Waals surface area (Å²) in [7, 11) is 3.41. The first kappa shape index (κ1) is 22.0. The van der Waals surface area contributed by atoms with E-state index in [1.54, 1.807) is 14.2 Å². The molecule has 3 aliphatic heterocycles. The number of hydrogen-bond donors (Lipinski definition) is 1. The van der Waals surface area contributed by atoms with Crippen LogP contribution in [0.2, 0.25) is 0 Å². The molecule has 6 rings (SSSR count). The molecule has 0 aromatic heterocycles. The Hall–Kier alpha value is -3.48. The fraction of sp³-hybridized carbons (Fsp3) is 0.310. The van der Waals surface area contributed by atoms with E-state index in [0.29, 0.717) is 0 Å². The Morgan fingerprint density at radius 1 is 0.914 bits per heavy atom. The van der Waals surface area contributed by atoms with Crippen molar-refractivity contribution in [3.63, 3.8) is 0 Å². The molecule has 6 nitrogen and oxygen atoms in total. The van der Waals surface area contributed by atoms with Crippen LogP contribution in [0.4, 0.5) is 0 Å². The lowest BCUT2D eigenvalue weighted by Crippen LogP contribution is -2.63. The number of nitrogens with zero attached hydrogens (tertiary/aromatic N) is 2. The van der Waals surface area contributed by atoms with E-state index < -0.39 is 5.72 Å². The fourth-order valence-corrected chi connectivity index (χ4v) is 5.50. The Balaban J connectivity index is 1.31. The molecular formula is C29H31N3O3. The number of benzene rings is 3. The highest BCUT2D eigenvalue weighted by atomic mass is 16.5. The minimum Gasteiger partial charge on any atom is -0.497 e. The number of hydrazine groups is 1. The summed E-state index contributed by atoms with van der Waals surface area (Å²) >= 11 is 0. The number of para-hydroxylation sites is 1. The molecule has 0 saturated carbocycles. The molecule has 0 radical (unpaired) electrons. The van der Waals surface area contributed by atoms with Crippen LogP contribution in [-0.4, -0.2) is 42.9 Å². The lowest BCUT2D eigenvalue weighted by Gasteiger charge is -2.52. The van der Waals surface area contributed by atoms with Crippen molar-refractivity contribution in [2.24, 2.45) is 0 Å². The number of nitrogens with one attached hydrogen (secondary N) is 1. The van der Waals surface area contributed by atoms with Crippen molar-refractivity contribution in [3.8, 4) is 17.2 Å². The number of piperidine rings is 1. The van der Waals surface area contributed by atoms with Crippen molar-refractivity contribution in [3.05, 3.63) is 95.6 Å². The average molecular weight is 470 g/mol. The van der Waals surface area contributed by atoms with Crippen molar-refractivity contribution in [1.82, 2.24) is 15.3 Å². The number of methoxy groups -OCH3 is 2. The summed E-state index contributed by atoms with van der Waals surface area (Å²) in [4.78, 5) is 2.52. The second-order valence-electron chi connectivity index (χ2n) is 9.42. The van der Waals surface area contributed by atoms with Gasteiger partial charge in [0.25, 0.3) is 0 Å². The average Bonchev–Trinajstić information content (AvgIpc) is 3.37. The highest BCUT2D eigenvalue weighted by Crippen LogP contribution is 2.51. The van der Waals surface area contributed by atoms with E-state index in [9.17, 15) is 0 Å². The predicted molar refractivity (Wildman–Crippen MR) is 136 cm³/mol. The topological polar surface area (TPSA) is 46.2 Å². The first-order valence-electron chi connectivity index (χ1n) is 12.2.